The predicted octanol–water partition coefficient (Wildman–Crippen LogP) is 2.94. The molecule has 1 aliphatic heterocycles. The number of non-ortho nitro benzene ring substituents is 1. The number of nitrogens with zero attached hydrogens (tertiary/aromatic N) is 1. The largest absolute Gasteiger partial charge is 0.493 e. The van der Waals surface area contributed by atoms with Crippen LogP contribution in [0.2, 0.25) is 0 Å². The molecule has 2 aromatic rings. The minimum Gasteiger partial charge on any atom is -0.493 e. The van der Waals surface area contributed by atoms with Crippen molar-refractivity contribution < 1.29 is 28.8 Å². The van der Waals surface area contributed by atoms with Crippen LogP contribution in [0.25, 0.3) is 6.08 Å². The van der Waals surface area contributed by atoms with E-state index >= 15 is 0 Å². The first-order valence-corrected chi connectivity index (χ1v) is 9.27. The van der Waals surface area contributed by atoms with Crippen LogP contribution >= 0.6 is 11.8 Å². The molecule has 0 spiro atoms. The summed E-state index contributed by atoms with van der Waals surface area (Å²) in [5.74, 6) is -0.376. The van der Waals surface area contributed by atoms with Gasteiger partial charge in [-0.15, -0.1) is 0 Å². The lowest BCUT2D eigenvalue weighted by molar-refractivity contribution is -0.384. The van der Waals surface area contributed by atoms with Crippen molar-refractivity contribution in [3.05, 3.63) is 63.0 Å². The number of ether oxygens (including phenoxy) is 2. The number of nitro groups is 1. The Morgan fingerprint density at radius 1 is 1.23 bits per heavy atom. The summed E-state index contributed by atoms with van der Waals surface area (Å²) in [5, 5.41) is 15.0. The number of benzene rings is 2. The van der Waals surface area contributed by atoms with Gasteiger partial charge in [-0.3, -0.25) is 29.8 Å². The van der Waals surface area contributed by atoms with Crippen molar-refractivity contribution in [2.45, 2.75) is 0 Å². The van der Waals surface area contributed by atoms with Crippen molar-refractivity contribution in [2.24, 2.45) is 0 Å². The predicted molar refractivity (Wildman–Crippen MR) is 109 cm³/mol. The van der Waals surface area contributed by atoms with Gasteiger partial charge < -0.3 is 14.8 Å². The van der Waals surface area contributed by atoms with Crippen molar-refractivity contribution in [1.82, 2.24) is 5.32 Å². The first-order chi connectivity index (χ1) is 14.4. The number of imide groups is 1. The van der Waals surface area contributed by atoms with Gasteiger partial charge in [0.1, 0.15) is 0 Å². The van der Waals surface area contributed by atoms with E-state index in [1.54, 1.807) is 18.2 Å². The molecule has 0 radical (unpaired) electrons. The van der Waals surface area contributed by atoms with E-state index < -0.39 is 22.0 Å². The van der Waals surface area contributed by atoms with E-state index in [4.69, 9.17) is 9.47 Å². The van der Waals surface area contributed by atoms with Gasteiger partial charge >= 0.3 is 0 Å². The third-order valence-electron chi connectivity index (χ3n) is 3.83. The van der Waals surface area contributed by atoms with Crippen LogP contribution in [0.4, 0.5) is 16.2 Å². The van der Waals surface area contributed by atoms with Gasteiger partial charge in [0.2, 0.25) is 0 Å². The van der Waals surface area contributed by atoms with Crippen LogP contribution in [0.15, 0.2) is 47.4 Å². The van der Waals surface area contributed by atoms with Crippen molar-refractivity contribution >= 4 is 46.3 Å². The van der Waals surface area contributed by atoms with Crippen LogP contribution in [0.3, 0.4) is 0 Å². The fourth-order valence-corrected chi connectivity index (χ4v) is 3.19. The lowest BCUT2D eigenvalue weighted by Crippen LogP contribution is -2.20. The highest BCUT2D eigenvalue weighted by molar-refractivity contribution is 8.18. The van der Waals surface area contributed by atoms with Gasteiger partial charge in [0.15, 0.2) is 18.1 Å². The van der Waals surface area contributed by atoms with Crippen molar-refractivity contribution in [3.63, 3.8) is 0 Å². The van der Waals surface area contributed by atoms with E-state index in [1.807, 2.05) is 0 Å². The molecule has 0 unspecified atom stereocenters. The van der Waals surface area contributed by atoms with E-state index in [2.05, 4.69) is 10.6 Å². The Hall–Kier alpha value is -3.86. The maximum atomic E-state index is 12.1. The summed E-state index contributed by atoms with van der Waals surface area (Å²) >= 11 is 0.798. The lowest BCUT2D eigenvalue weighted by atomic mass is 10.2. The molecule has 10 nitrogen and oxygen atoms in total. The number of hydrogen-bond donors (Lipinski definition) is 2. The number of thioether (sulfide) groups is 1. The highest BCUT2D eigenvalue weighted by atomic mass is 32.2. The molecule has 11 heteroatoms. The molecule has 1 fully saturated rings. The molecule has 3 amide bonds. The highest BCUT2D eigenvalue weighted by Gasteiger charge is 2.25. The number of hydrogen-bond acceptors (Lipinski definition) is 8. The number of nitro benzene ring substituents is 1. The number of anilines is 1. The van der Waals surface area contributed by atoms with Crippen LogP contribution in [0.1, 0.15) is 5.56 Å². The molecule has 3 rings (SSSR count). The number of amides is 3. The van der Waals surface area contributed by atoms with Gasteiger partial charge in [0.25, 0.3) is 22.7 Å². The smallest absolute Gasteiger partial charge is 0.290 e. The Kier molecular flexibility index (Phi) is 6.32. The minimum absolute atomic E-state index is 0.143. The summed E-state index contributed by atoms with van der Waals surface area (Å²) < 4.78 is 10.7. The molecule has 30 heavy (non-hydrogen) atoms. The Labute approximate surface area is 174 Å². The Morgan fingerprint density at radius 3 is 2.70 bits per heavy atom. The zero-order chi connectivity index (χ0) is 21.7. The summed E-state index contributed by atoms with van der Waals surface area (Å²) in [5.41, 5.74) is 0.733. The molecule has 0 aromatic heterocycles. The maximum Gasteiger partial charge on any atom is 0.290 e. The third kappa shape index (κ3) is 5.14. The third-order valence-corrected chi connectivity index (χ3v) is 4.64. The Morgan fingerprint density at radius 2 is 2.03 bits per heavy atom. The van der Waals surface area contributed by atoms with E-state index in [0.29, 0.717) is 11.3 Å². The van der Waals surface area contributed by atoms with Gasteiger partial charge in [-0.2, -0.15) is 0 Å². The van der Waals surface area contributed by atoms with Crippen molar-refractivity contribution in [1.29, 1.82) is 0 Å². The lowest BCUT2D eigenvalue weighted by Gasteiger charge is -2.11. The quantitative estimate of drug-likeness (QED) is 0.389. The number of carbonyl (C=O) groups is 3. The van der Waals surface area contributed by atoms with E-state index in [0.717, 1.165) is 11.8 Å². The summed E-state index contributed by atoms with van der Waals surface area (Å²) in [6.45, 7) is -0.355. The summed E-state index contributed by atoms with van der Waals surface area (Å²) in [7, 11) is 1.42. The molecule has 0 bridgehead atoms. The van der Waals surface area contributed by atoms with E-state index in [-0.39, 0.29) is 28.6 Å². The molecule has 1 heterocycles. The maximum absolute atomic E-state index is 12.1. The van der Waals surface area contributed by atoms with Crippen LogP contribution in [0.5, 0.6) is 11.5 Å². The molecule has 1 saturated heterocycles. The molecule has 2 N–H and O–H groups in total. The van der Waals surface area contributed by atoms with E-state index in [9.17, 15) is 24.5 Å². The summed E-state index contributed by atoms with van der Waals surface area (Å²) in [4.78, 5) is 45.5. The zero-order valence-corrected chi connectivity index (χ0v) is 16.4. The average molecular weight is 429 g/mol. The average Bonchev–Trinajstić information content (AvgIpc) is 3.03. The second kappa shape index (κ2) is 9.09. The molecule has 2 aromatic carbocycles. The van der Waals surface area contributed by atoms with Crippen LogP contribution in [0, 0.1) is 10.1 Å². The summed E-state index contributed by atoms with van der Waals surface area (Å²) in [6, 6.07) is 10.3. The molecule has 1 aliphatic rings. The topological polar surface area (TPSA) is 137 Å². The van der Waals surface area contributed by atoms with Crippen LogP contribution in [-0.2, 0) is 9.59 Å². The van der Waals surface area contributed by atoms with Gasteiger partial charge in [0, 0.05) is 17.8 Å². The monoisotopic (exact) mass is 429 g/mol. The first-order valence-electron chi connectivity index (χ1n) is 8.45. The first kappa shape index (κ1) is 20.9. The van der Waals surface area contributed by atoms with Gasteiger partial charge in [-0.1, -0.05) is 12.1 Å². The van der Waals surface area contributed by atoms with Gasteiger partial charge in [-0.05, 0) is 41.6 Å². The normalized spacial score (nSPS) is 14.4. The van der Waals surface area contributed by atoms with Crippen molar-refractivity contribution in [3.8, 4) is 11.5 Å². The van der Waals surface area contributed by atoms with E-state index in [1.165, 1.54) is 37.5 Å². The fourth-order valence-electron chi connectivity index (χ4n) is 2.50. The number of methoxy groups -OCH3 is 1. The summed E-state index contributed by atoms with van der Waals surface area (Å²) in [6.07, 6.45) is 1.53. The SMILES string of the molecule is COc1cc(/C=C2\SC(=O)NC2=O)ccc1OCC(=O)Nc1cccc([N+](=O)[O-])c1. The molecule has 154 valence electrons. The fraction of sp³-hybridized carbons (Fsp3) is 0.105. The number of rotatable bonds is 7. The second-order valence-corrected chi connectivity index (χ2v) is 6.92. The number of carbonyl (C=O) groups excluding carboxylic acids is 3. The molecular formula is C19H15N3O7S. The Bertz CT molecular complexity index is 1070. The van der Waals surface area contributed by atoms with Crippen LogP contribution < -0.4 is 20.1 Å². The van der Waals surface area contributed by atoms with Crippen molar-refractivity contribution in [2.75, 3.05) is 19.0 Å². The molecule has 0 saturated carbocycles. The second-order valence-electron chi connectivity index (χ2n) is 5.91. The highest BCUT2D eigenvalue weighted by Crippen LogP contribution is 2.31. The molecule has 0 aliphatic carbocycles. The standard InChI is InChI=1S/C19H15N3O7S/c1-28-15-7-11(8-16-18(24)21-19(25)30-16)5-6-14(15)29-10-17(23)20-12-3-2-4-13(9-12)22(26)27/h2-9H,10H2,1H3,(H,20,23)(H,21,24,25)/b16-8-. The van der Waals surface area contributed by atoms with Crippen LogP contribution in [-0.4, -0.2) is 35.7 Å². The number of nitrogens with one attached hydrogen (secondary N) is 2. The minimum atomic E-state index is -0.558. The van der Waals surface area contributed by atoms with Gasteiger partial charge in [0.05, 0.1) is 16.9 Å². The molecule has 0 atom stereocenters. The zero-order valence-electron chi connectivity index (χ0n) is 15.5. The molecular weight excluding hydrogens is 414 g/mol. The Balaban J connectivity index is 1.65. The van der Waals surface area contributed by atoms with Gasteiger partial charge in [-0.25, -0.2) is 0 Å².